The summed E-state index contributed by atoms with van der Waals surface area (Å²) in [5, 5.41) is 15.3. The molecule has 0 unspecified atom stereocenters. The summed E-state index contributed by atoms with van der Waals surface area (Å²) in [7, 11) is 0. The Morgan fingerprint density at radius 2 is 2.16 bits per heavy atom. The van der Waals surface area contributed by atoms with Crippen molar-refractivity contribution in [3.63, 3.8) is 0 Å². The molecule has 19 heavy (non-hydrogen) atoms. The van der Waals surface area contributed by atoms with Crippen LogP contribution in [0.15, 0.2) is 30.5 Å². The highest BCUT2D eigenvalue weighted by molar-refractivity contribution is 5.98. The summed E-state index contributed by atoms with van der Waals surface area (Å²) in [4.78, 5) is 22.2. The Morgan fingerprint density at radius 1 is 1.42 bits per heavy atom. The van der Waals surface area contributed by atoms with Crippen molar-refractivity contribution in [3.8, 4) is 5.69 Å². The number of rotatable bonds is 3. The van der Waals surface area contributed by atoms with Gasteiger partial charge in [0.2, 0.25) is 5.91 Å². The van der Waals surface area contributed by atoms with Gasteiger partial charge in [0.1, 0.15) is 11.4 Å². The zero-order valence-electron chi connectivity index (χ0n) is 9.92. The number of aromatic nitrogens is 2. The van der Waals surface area contributed by atoms with E-state index in [9.17, 15) is 14.0 Å². The molecule has 0 aliphatic carbocycles. The number of carbonyl (C=O) groups is 2. The number of halogens is 1. The van der Waals surface area contributed by atoms with Crippen molar-refractivity contribution in [1.82, 2.24) is 9.78 Å². The van der Waals surface area contributed by atoms with Crippen LogP contribution in [0.2, 0.25) is 0 Å². The Balaban J connectivity index is 2.57. The second-order valence-corrected chi connectivity index (χ2v) is 3.78. The van der Waals surface area contributed by atoms with E-state index in [-0.39, 0.29) is 11.4 Å². The van der Waals surface area contributed by atoms with E-state index < -0.39 is 17.7 Å². The first-order valence-electron chi connectivity index (χ1n) is 5.34. The van der Waals surface area contributed by atoms with Crippen molar-refractivity contribution >= 4 is 17.7 Å². The Kier molecular flexibility index (Phi) is 3.28. The van der Waals surface area contributed by atoms with Crippen LogP contribution >= 0.6 is 0 Å². The quantitative estimate of drug-likeness (QED) is 0.882. The van der Waals surface area contributed by atoms with Gasteiger partial charge < -0.3 is 10.4 Å². The van der Waals surface area contributed by atoms with E-state index in [0.29, 0.717) is 5.69 Å². The predicted molar refractivity (Wildman–Crippen MR) is 64.8 cm³/mol. The van der Waals surface area contributed by atoms with Crippen LogP contribution < -0.4 is 5.32 Å². The molecule has 6 nitrogen and oxygen atoms in total. The van der Waals surface area contributed by atoms with E-state index in [4.69, 9.17) is 5.11 Å². The number of hydrogen-bond acceptors (Lipinski definition) is 3. The zero-order chi connectivity index (χ0) is 14.0. The lowest BCUT2D eigenvalue weighted by Crippen LogP contribution is -2.14. The van der Waals surface area contributed by atoms with Crippen LogP contribution in [0.3, 0.4) is 0 Å². The molecule has 0 saturated carbocycles. The Bertz CT molecular complexity index is 651. The molecular weight excluding hydrogens is 253 g/mol. The fraction of sp³-hybridized carbons (Fsp3) is 0.0833. The van der Waals surface area contributed by atoms with Gasteiger partial charge in [0, 0.05) is 6.92 Å². The molecule has 7 heteroatoms. The normalized spacial score (nSPS) is 10.2. The van der Waals surface area contributed by atoms with Gasteiger partial charge in [0.05, 0.1) is 11.9 Å². The molecule has 0 bridgehead atoms. The van der Waals surface area contributed by atoms with Crippen LogP contribution in [0, 0.1) is 5.82 Å². The lowest BCUT2D eigenvalue weighted by Gasteiger charge is -2.08. The first-order valence-corrected chi connectivity index (χ1v) is 5.34. The highest BCUT2D eigenvalue weighted by Crippen LogP contribution is 2.20. The standard InChI is InChI=1S/C12H10FN3O3/c1-7(17)15-11-10(12(18)19)6-14-16(11)9-4-2-3-8(13)5-9/h2-6H,1H3,(H,15,17)(H,18,19). The van der Waals surface area contributed by atoms with Crippen molar-refractivity contribution in [1.29, 1.82) is 0 Å². The zero-order valence-corrected chi connectivity index (χ0v) is 9.92. The second kappa shape index (κ2) is 4.89. The van der Waals surface area contributed by atoms with Crippen LogP contribution in [-0.4, -0.2) is 26.8 Å². The maximum atomic E-state index is 13.2. The molecule has 1 amide bonds. The topological polar surface area (TPSA) is 84.2 Å². The molecule has 0 aliphatic heterocycles. The minimum Gasteiger partial charge on any atom is -0.477 e. The number of carboxylic acids is 1. The fourth-order valence-corrected chi connectivity index (χ4v) is 1.60. The second-order valence-electron chi connectivity index (χ2n) is 3.78. The summed E-state index contributed by atoms with van der Waals surface area (Å²) in [5.74, 6) is -2.17. The van der Waals surface area contributed by atoms with Gasteiger partial charge in [0.25, 0.3) is 0 Å². The molecule has 2 rings (SSSR count). The highest BCUT2D eigenvalue weighted by Gasteiger charge is 2.18. The summed E-state index contributed by atoms with van der Waals surface area (Å²) in [5.41, 5.74) is 0.149. The van der Waals surface area contributed by atoms with Gasteiger partial charge in [-0.2, -0.15) is 5.10 Å². The number of carbonyl (C=O) groups excluding carboxylic acids is 1. The Morgan fingerprint density at radius 3 is 2.74 bits per heavy atom. The summed E-state index contributed by atoms with van der Waals surface area (Å²) in [6, 6.07) is 5.45. The molecule has 0 spiro atoms. The van der Waals surface area contributed by atoms with Gasteiger partial charge in [-0.15, -0.1) is 0 Å². The summed E-state index contributed by atoms with van der Waals surface area (Å²) >= 11 is 0. The minimum atomic E-state index is -1.23. The fourth-order valence-electron chi connectivity index (χ4n) is 1.60. The van der Waals surface area contributed by atoms with Gasteiger partial charge >= 0.3 is 5.97 Å². The maximum Gasteiger partial charge on any atom is 0.341 e. The molecule has 1 aromatic carbocycles. The van der Waals surface area contributed by atoms with Crippen LogP contribution in [-0.2, 0) is 4.79 Å². The highest BCUT2D eigenvalue weighted by atomic mass is 19.1. The number of carboxylic acid groups (broad SMARTS) is 1. The molecule has 0 atom stereocenters. The predicted octanol–water partition coefficient (Wildman–Crippen LogP) is 1.67. The summed E-state index contributed by atoms with van der Waals surface area (Å²) < 4.78 is 14.3. The minimum absolute atomic E-state index is 0.00870. The number of anilines is 1. The maximum absolute atomic E-state index is 13.2. The molecule has 0 radical (unpaired) electrons. The van der Waals surface area contributed by atoms with Gasteiger partial charge in [-0.05, 0) is 18.2 Å². The SMILES string of the molecule is CC(=O)Nc1c(C(=O)O)cnn1-c1cccc(F)c1. The molecule has 1 heterocycles. The summed E-state index contributed by atoms with van der Waals surface area (Å²) in [6.45, 7) is 1.24. The van der Waals surface area contributed by atoms with E-state index >= 15 is 0 Å². The van der Waals surface area contributed by atoms with E-state index in [0.717, 1.165) is 10.9 Å². The van der Waals surface area contributed by atoms with Crippen LogP contribution in [0.1, 0.15) is 17.3 Å². The molecule has 0 saturated heterocycles. The average molecular weight is 263 g/mol. The average Bonchev–Trinajstić information content (AvgIpc) is 2.71. The number of hydrogen-bond donors (Lipinski definition) is 2. The molecule has 1 aromatic heterocycles. The van der Waals surface area contributed by atoms with Crippen LogP contribution in [0.4, 0.5) is 10.2 Å². The van der Waals surface area contributed by atoms with Crippen molar-refractivity contribution < 1.29 is 19.1 Å². The smallest absolute Gasteiger partial charge is 0.341 e. The van der Waals surface area contributed by atoms with Gasteiger partial charge in [-0.25, -0.2) is 13.9 Å². The number of nitrogens with one attached hydrogen (secondary N) is 1. The van der Waals surface area contributed by atoms with Crippen molar-refractivity contribution in [2.75, 3.05) is 5.32 Å². The number of amides is 1. The monoisotopic (exact) mass is 263 g/mol. The van der Waals surface area contributed by atoms with Gasteiger partial charge in [0.15, 0.2) is 5.82 Å². The molecule has 0 fully saturated rings. The van der Waals surface area contributed by atoms with Gasteiger partial charge in [-0.3, -0.25) is 4.79 Å². The number of nitrogens with zero attached hydrogens (tertiary/aromatic N) is 2. The van der Waals surface area contributed by atoms with Crippen molar-refractivity contribution in [2.45, 2.75) is 6.92 Å². The summed E-state index contributed by atoms with van der Waals surface area (Å²) in [6.07, 6.45) is 1.10. The number of aromatic carboxylic acids is 1. The van der Waals surface area contributed by atoms with E-state index in [1.807, 2.05) is 0 Å². The third kappa shape index (κ3) is 2.59. The first-order chi connectivity index (χ1) is 8.99. The Hall–Kier alpha value is -2.70. The lowest BCUT2D eigenvalue weighted by molar-refractivity contribution is -0.114. The first kappa shape index (κ1) is 12.7. The molecule has 98 valence electrons. The third-order valence-electron chi connectivity index (χ3n) is 2.35. The lowest BCUT2D eigenvalue weighted by atomic mass is 10.3. The molecule has 0 aliphatic rings. The largest absolute Gasteiger partial charge is 0.477 e. The third-order valence-corrected chi connectivity index (χ3v) is 2.35. The van der Waals surface area contributed by atoms with Crippen molar-refractivity contribution in [2.24, 2.45) is 0 Å². The van der Waals surface area contributed by atoms with E-state index in [2.05, 4.69) is 10.4 Å². The van der Waals surface area contributed by atoms with Crippen LogP contribution in [0.25, 0.3) is 5.69 Å². The molecular formula is C12H10FN3O3. The van der Waals surface area contributed by atoms with Crippen LogP contribution in [0.5, 0.6) is 0 Å². The molecule has 2 N–H and O–H groups in total. The van der Waals surface area contributed by atoms with E-state index in [1.54, 1.807) is 6.07 Å². The van der Waals surface area contributed by atoms with Gasteiger partial charge in [-0.1, -0.05) is 6.07 Å². The Labute approximate surface area is 107 Å². The molecule has 2 aromatic rings. The van der Waals surface area contributed by atoms with E-state index in [1.165, 1.54) is 25.1 Å². The number of benzene rings is 1. The van der Waals surface area contributed by atoms with Crippen molar-refractivity contribution in [3.05, 3.63) is 41.8 Å².